The third-order valence-corrected chi connectivity index (χ3v) is 6.79. The van der Waals surface area contributed by atoms with Gasteiger partial charge in [-0.2, -0.15) is 13.2 Å². The number of hydrogen-bond donors (Lipinski definition) is 2. The fourth-order valence-electron chi connectivity index (χ4n) is 4.36. The maximum Gasteiger partial charge on any atom is 0.415 e. The van der Waals surface area contributed by atoms with Crippen molar-refractivity contribution in [3.05, 3.63) is 24.5 Å². The molecule has 12 heteroatoms. The molecule has 1 saturated heterocycles. The fraction of sp³-hybridized carbons (Fsp3) is 0.556. The highest BCUT2D eigenvalue weighted by Crippen LogP contribution is 2.52. The van der Waals surface area contributed by atoms with Crippen LogP contribution in [0.2, 0.25) is 0 Å². The molecule has 1 aromatic carbocycles. The molecule has 4 rings (SSSR count). The average molecular weight is 445 g/mol. The van der Waals surface area contributed by atoms with Gasteiger partial charge in [-0.25, -0.2) is 23.6 Å². The van der Waals surface area contributed by atoms with E-state index in [0.717, 1.165) is 21.0 Å². The number of aliphatic hydroxyl groups is 1. The smallest absolute Gasteiger partial charge is 0.415 e. The molecule has 0 bridgehead atoms. The van der Waals surface area contributed by atoms with E-state index in [1.807, 2.05) is 18.2 Å². The highest BCUT2D eigenvalue weighted by molar-refractivity contribution is 7.80. The summed E-state index contributed by atoms with van der Waals surface area (Å²) >= 11 is -2.09. The number of rotatable bonds is 6. The van der Waals surface area contributed by atoms with Crippen molar-refractivity contribution in [2.24, 2.45) is 10.6 Å². The van der Waals surface area contributed by atoms with Crippen LogP contribution in [0.15, 0.2) is 24.5 Å². The molecule has 1 spiro atoms. The number of nitrogens with zero attached hydrogens (tertiary/aromatic N) is 4. The van der Waals surface area contributed by atoms with Gasteiger partial charge in [0.05, 0.1) is 12.6 Å². The number of aromatic nitrogens is 2. The van der Waals surface area contributed by atoms with Crippen molar-refractivity contribution in [2.45, 2.75) is 31.2 Å². The highest BCUT2D eigenvalue weighted by atomic mass is 32.2. The Morgan fingerprint density at radius 2 is 2.10 bits per heavy atom. The van der Waals surface area contributed by atoms with Crippen LogP contribution in [0.4, 0.5) is 19.0 Å². The van der Waals surface area contributed by atoms with Gasteiger partial charge in [0.1, 0.15) is 17.9 Å². The third kappa shape index (κ3) is 3.84. The molecule has 1 aromatic heterocycles. The quantitative estimate of drug-likeness (QED) is 0.696. The van der Waals surface area contributed by atoms with E-state index >= 15 is 0 Å². The Kier molecular flexibility index (Phi) is 5.37. The summed E-state index contributed by atoms with van der Waals surface area (Å²) in [6.07, 6.45) is -4.74. The Morgan fingerprint density at radius 1 is 1.40 bits per heavy atom. The van der Waals surface area contributed by atoms with Crippen LogP contribution in [-0.4, -0.2) is 68.7 Å². The van der Waals surface area contributed by atoms with Crippen LogP contribution in [0, 0.1) is 5.41 Å². The van der Waals surface area contributed by atoms with Gasteiger partial charge in [0.15, 0.2) is 17.3 Å². The van der Waals surface area contributed by atoms with Crippen LogP contribution in [0.5, 0.6) is 5.75 Å². The van der Waals surface area contributed by atoms with Crippen LogP contribution >= 0.6 is 0 Å². The lowest BCUT2D eigenvalue weighted by Gasteiger charge is -2.61. The van der Waals surface area contributed by atoms with E-state index < -0.39 is 30.0 Å². The number of benzene rings is 1. The summed E-state index contributed by atoms with van der Waals surface area (Å²) < 4.78 is 56.0. The fourth-order valence-corrected chi connectivity index (χ4v) is 5.09. The first-order chi connectivity index (χ1) is 14.1. The van der Waals surface area contributed by atoms with Gasteiger partial charge in [0.2, 0.25) is 0 Å². The second-order valence-corrected chi connectivity index (χ2v) is 8.95. The minimum atomic E-state index is -4.77. The molecule has 3 N–H and O–H groups in total. The van der Waals surface area contributed by atoms with Gasteiger partial charge < -0.3 is 14.7 Å². The van der Waals surface area contributed by atoms with Crippen LogP contribution in [0.3, 0.4) is 0 Å². The molecule has 0 amide bonds. The lowest BCUT2D eigenvalue weighted by Crippen LogP contribution is -2.67. The van der Waals surface area contributed by atoms with Crippen molar-refractivity contribution in [1.29, 1.82) is 0 Å². The summed E-state index contributed by atoms with van der Waals surface area (Å²) in [5.74, 6) is 1.49. The highest BCUT2D eigenvalue weighted by Gasteiger charge is 2.55. The summed E-state index contributed by atoms with van der Waals surface area (Å²) in [5, 5.41) is 15.6. The van der Waals surface area contributed by atoms with E-state index in [-0.39, 0.29) is 11.5 Å². The van der Waals surface area contributed by atoms with E-state index in [4.69, 9.17) is 9.88 Å². The molecule has 8 nitrogen and oxygen atoms in total. The van der Waals surface area contributed by atoms with E-state index in [0.29, 0.717) is 31.7 Å². The van der Waals surface area contributed by atoms with Crippen LogP contribution < -0.4 is 14.8 Å². The summed E-state index contributed by atoms with van der Waals surface area (Å²) in [5.41, 5.74) is 0.688. The molecule has 1 aliphatic heterocycles. The molecule has 2 unspecified atom stereocenters. The van der Waals surface area contributed by atoms with E-state index in [9.17, 15) is 22.5 Å². The molecule has 164 valence electrons. The summed E-state index contributed by atoms with van der Waals surface area (Å²) in [6.45, 7) is 0.582. The molecule has 2 aromatic rings. The van der Waals surface area contributed by atoms with Crippen molar-refractivity contribution >= 4 is 27.9 Å². The molecule has 0 radical (unpaired) electrons. The number of hydrogen-bond acceptors (Lipinski definition) is 6. The Labute approximate surface area is 173 Å². The number of nitrogens with two attached hydrogens (primary N) is 1. The van der Waals surface area contributed by atoms with Crippen molar-refractivity contribution in [3.8, 4) is 5.75 Å². The SMILES string of the molecule is COc1ccc2c(N3CC4(CC(N(CC(O)C(F)(F)F)S(N)=O)C4)C3)ncnc2c1. The molecule has 2 aliphatic rings. The zero-order valence-corrected chi connectivity index (χ0v) is 17.0. The minimum absolute atomic E-state index is 0.0742. The summed E-state index contributed by atoms with van der Waals surface area (Å²) in [7, 11) is 1.58. The number of aliphatic hydroxyl groups excluding tert-OH is 1. The van der Waals surface area contributed by atoms with E-state index in [2.05, 4.69) is 14.9 Å². The van der Waals surface area contributed by atoms with Crippen molar-refractivity contribution in [2.75, 3.05) is 31.6 Å². The normalized spacial score (nSPS) is 20.8. The standard InChI is InChI=1S/C18H22F3N5O3S/c1-29-12-2-3-13-14(4-12)23-10-24-16(13)25-8-17(9-25)5-11(6-17)26(30(22)28)7-15(27)18(19,20)21/h2-4,10-11,15,27H,5-9,22H2,1H3. The minimum Gasteiger partial charge on any atom is -0.497 e. The van der Waals surface area contributed by atoms with Gasteiger partial charge in [-0.3, -0.25) is 0 Å². The third-order valence-electron chi connectivity index (χ3n) is 5.88. The second-order valence-electron chi connectivity index (χ2n) is 7.93. The molecule has 2 fully saturated rings. The van der Waals surface area contributed by atoms with Gasteiger partial charge in [0.25, 0.3) is 0 Å². The first kappa shape index (κ1) is 21.2. The molecular formula is C18H22F3N5O3S. The monoisotopic (exact) mass is 445 g/mol. The van der Waals surface area contributed by atoms with Crippen molar-refractivity contribution < 1.29 is 27.2 Å². The Morgan fingerprint density at radius 3 is 2.70 bits per heavy atom. The molecule has 1 aliphatic carbocycles. The second kappa shape index (κ2) is 7.59. The van der Waals surface area contributed by atoms with Crippen molar-refractivity contribution in [1.82, 2.24) is 14.3 Å². The van der Waals surface area contributed by atoms with Crippen LogP contribution in [0.25, 0.3) is 10.9 Å². The average Bonchev–Trinajstić information content (AvgIpc) is 2.63. The summed E-state index contributed by atoms with van der Waals surface area (Å²) in [4.78, 5) is 10.8. The van der Waals surface area contributed by atoms with Gasteiger partial charge in [-0.1, -0.05) is 0 Å². The molecular weight excluding hydrogens is 423 g/mol. The Balaban J connectivity index is 1.41. The number of ether oxygens (including phenoxy) is 1. The number of halogens is 3. The molecule has 2 atom stereocenters. The predicted octanol–water partition coefficient (Wildman–Crippen LogP) is 1.37. The lowest BCUT2D eigenvalue weighted by atomic mass is 9.60. The van der Waals surface area contributed by atoms with Crippen LogP contribution in [0.1, 0.15) is 12.8 Å². The largest absolute Gasteiger partial charge is 0.497 e. The molecule has 1 saturated carbocycles. The topological polar surface area (TPSA) is 105 Å². The van der Waals surface area contributed by atoms with Gasteiger partial charge >= 0.3 is 6.18 Å². The van der Waals surface area contributed by atoms with E-state index in [1.54, 1.807) is 7.11 Å². The Hall–Kier alpha value is -2.02. The first-order valence-corrected chi connectivity index (χ1v) is 10.5. The Bertz CT molecular complexity index is 962. The number of anilines is 1. The molecule has 2 heterocycles. The van der Waals surface area contributed by atoms with E-state index in [1.165, 1.54) is 6.33 Å². The summed E-state index contributed by atoms with van der Waals surface area (Å²) in [6, 6.07) is 5.21. The predicted molar refractivity (Wildman–Crippen MR) is 105 cm³/mol. The van der Waals surface area contributed by atoms with Crippen LogP contribution in [-0.2, 0) is 11.2 Å². The number of methoxy groups -OCH3 is 1. The maximum atomic E-state index is 12.7. The maximum absolute atomic E-state index is 12.7. The number of alkyl halides is 3. The van der Waals surface area contributed by atoms with Crippen molar-refractivity contribution in [3.63, 3.8) is 0 Å². The van der Waals surface area contributed by atoms with Gasteiger partial charge in [0, 0.05) is 42.5 Å². The van der Waals surface area contributed by atoms with Gasteiger partial charge in [-0.05, 0) is 25.0 Å². The zero-order valence-electron chi connectivity index (χ0n) is 16.2. The van der Waals surface area contributed by atoms with Gasteiger partial charge in [-0.15, -0.1) is 0 Å². The first-order valence-electron chi connectivity index (χ1n) is 9.33. The lowest BCUT2D eigenvalue weighted by molar-refractivity contribution is -0.207. The zero-order chi connectivity index (χ0) is 21.7. The molecule has 30 heavy (non-hydrogen) atoms. The number of fused-ring (bicyclic) bond motifs is 1.